The van der Waals surface area contributed by atoms with Crippen molar-refractivity contribution in [3.63, 3.8) is 0 Å². The molecule has 3 saturated carbocycles. The fourth-order valence-corrected chi connectivity index (χ4v) is 13.8. The molecular formula is C57H73N11O5. The molecule has 8 aliphatic rings. The number of anilines is 3. The van der Waals surface area contributed by atoms with Gasteiger partial charge in [0.2, 0.25) is 29.5 Å². The van der Waals surface area contributed by atoms with E-state index < -0.39 is 5.41 Å². The van der Waals surface area contributed by atoms with Gasteiger partial charge in [0.15, 0.2) is 5.82 Å². The van der Waals surface area contributed by atoms with E-state index in [9.17, 15) is 19.2 Å². The van der Waals surface area contributed by atoms with E-state index in [1.165, 1.54) is 19.3 Å². The summed E-state index contributed by atoms with van der Waals surface area (Å²) in [6.07, 6.45) is 18.3. The van der Waals surface area contributed by atoms with Crippen LogP contribution in [-0.4, -0.2) is 134 Å². The van der Waals surface area contributed by atoms with E-state index >= 15 is 4.79 Å². The summed E-state index contributed by atoms with van der Waals surface area (Å²) in [6.45, 7) is 9.13. The summed E-state index contributed by atoms with van der Waals surface area (Å²) >= 11 is 0. The second-order valence-corrected chi connectivity index (χ2v) is 23.2. The SMILES string of the molecule is CC(C)n1cnc2cc(-c3ccc4c(c3)N(C3CC(N5CCCCC5)C3)C(=O)C43CCN(C(=O)C4CCC(C(=O)N5CCC(N(C)c6ccc(C7CCC(=O)NC7=O)cn6)CC5)CC4)CC3)nc(NC3CC3)c21. The van der Waals surface area contributed by atoms with Gasteiger partial charge in [-0.15, -0.1) is 0 Å². The Balaban J connectivity index is 0.684. The summed E-state index contributed by atoms with van der Waals surface area (Å²) in [7, 11) is 2.04. The molecule has 3 aliphatic carbocycles. The van der Waals surface area contributed by atoms with Crippen molar-refractivity contribution in [3.05, 3.63) is 60.0 Å². The van der Waals surface area contributed by atoms with Gasteiger partial charge in [-0.2, -0.15) is 0 Å². The molecule has 1 atom stereocenters. The number of fused-ring (bicyclic) bond motifs is 3. The average Bonchev–Trinajstić information content (AvgIpc) is 4.07. The van der Waals surface area contributed by atoms with E-state index in [1.807, 2.05) is 35.3 Å². The third kappa shape index (κ3) is 8.96. The minimum absolute atomic E-state index is 0.0653. The van der Waals surface area contributed by atoms with E-state index in [0.29, 0.717) is 76.8 Å². The average molecular weight is 992 g/mol. The van der Waals surface area contributed by atoms with Crippen LogP contribution >= 0.6 is 0 Å². The summed E-state index contributed by atoms with van der Waals surface area (Å²) < 4.78 is 2.20. The fourth-order valence-electron chi connectivity index (χ4n) is 13.8. The van der Waals surface area contributed by atoms with E-state index in [1.54, 1.807) is 6.20 Å². The zero-order valence-corrected chi connectivity index (χ0v) is 43.1. The van der Waals surface area contributed by atoms with Crippen LogP contribution in [0.4, 0.5) is 17.3 Å². The quantitative estimate of drug-likeness (QED) is 0.144. The van der Waals surface area contributed by atoms with Crippen molar-refractivity contribution in [1.82, 2.24) is 39.5 Å². The van der Waals surface area contributed by atoms with E-state index in [2.05, 4.69) is 73.0 Å². The van der Waals surface area contributed by atoms with Crippen LogP contribution in [-0.2, 0) is 29.4 Å². The highest BCUT2D eigenvalue weighted by Crippen LogP contribution is 2.52. The van der Waals surface area contributed by atoms with E-state index in [0.717, 1.165) is 115 Å². The van der Waals surface area contributed by atoms with Crippen LogP contribution in [0.2, 0.25) is 0 Å². The molecule has 0 radical (unpaired) electrons. The van der Waals surface area contributed by atoms with Crippen molar-refractivity contribution in [2.75, 3.05) is 61.4 Å². The molecule has 8 heterocycles. The van der Waals surface area contributed by atoms with Gasteiger partial charge in [-0.1, -0.05) is 24.6 Å². The number of pyridine rings is 2. The summed E-state index contributed by atoms with van der Waals surface area (Å²) in [5, 5.41) is 6.14. The number of imide groups is 1. The zero-order chi connectivity index (χ0) is 50.1. The van der Waals surface area contributed by atoms with Gasteiger partial charge in [0.05, 0.1) is 28.9 Å². The number of nitrogens with zero attached hydrogens (tertiary/aromatic N) is 9. The second-order valence-electron chi connectivity index (χ2n) is 23.2. The third-order valence-electron chi connectivity index (χ3n) is 18.5. The lowest BCUT2D eigenvalue weighted by Crippen LogP contribution is -2.58. The minimum Gasteiger partial charge on any atom is -0.366 e. The first-order valence-corrected chi connectivity index (χ1v) is 27.9. The van der Waals surface area contributed by atoms with Crippen LogP contribution in [0.15, 0.2) is 48.9 Å². The summed E-state index contributed by atoms with van der Waals surface area (Å²) in [5.74, 6) is 1.29. The van der Waals surface area contributed by atoms with Crippen molar-refractivity contribution in [3.8, 4) is 11.3 Å². The highest BCUT2D eigenvalue weighted by molar-refractivity contribution is 6.09. The third-order valence-corrected chi connectivity index (χ3v) is 18.5. The lowest BCUT2D eigenvalue weighted by atomic mass is 9.72. The number of benzene rings is 1. The van der Waals surface area contributed by atoms with Crippen molar-refractivity contribution < 1.29 is 24.0 Å². The van der Waals surface area contributed by atoms with Crippen LogP contribution in [0.25, 0.3) is 22.3 Å². The number of piperidine rings is 4. The van der Waals surface area contributed by atoms with Gasteiger partial charge in [0.25, 0.3) is 0 Å². The maximum absolute atomic E-state index is 15.2. The molecule has 4 aromatic rings. The Labute approximate surface area is 429 Å². The topological polar surface area (TPSA) is 169 Å². The molecule has 16 heteroatoms. The molecule has 4 saturated heterocycles. The first-order valence-electron chi connectivity index (χ1n) is 27.9. The summed E-state index contributed by atoms with van der Waals surface area (Å²) in [6, 6.07) is 14.2. The van der Waals surface area contributed by atoms with Gasteiger partial charge < -0.3 is 34.4 Å². The number of hydrogen-bond acceptors (Lipinski definition) is 11. The van der Waals surface area contributed by atoms with Crippen molar-refractivity contribution >= 4 is 57.9 Å². The normalized spacial score (nSPS) is 26.8. The maximum Gasteiger partial charge on any atom is 0.238 e. The van der Waals surface area contributed by atoms with Crippen molar-refractivity contribution in [2.45, 2.75) is 165 Å². The molecule has 73 heavy (non-hydrogen) atoms. The highest BCUT2D eigenvalue weighted by atomic mass is 16.2. The number of likely N-dealkylation sites (tertiary alicyclic amines) is 3. The van der Waals surface area contributed by atoms with Crippen LogP contribution in [0, 0.1) is 11.8 Å². The molecular weight excluding hydrogens is 919 g/mol. The monoisotopic (exact) mass is 992 g/mol. The Morgan fingerprint density at radius 1 is 0.781 bits per heavy atom. The molecule has 7 fully saturated rings. The van der Waals surface area contributed by atoms with Crippen molar-refractivity contribution in [1.29, 1.82) is 0 Å². The molecule has 5 amide bonds. The smallest absolute Gasteiger partial charge is 0.238 e. The molecule has 1 spiro atoms. The highest BCUT2D eigenvalue weighted by Gasteiger charge is 2.56. The first-order chi connectivity index (χ1) is 35.4. The molecule has 386 valence electrons. The Morgan fingerprint density at radius 3 is 2.12 bits per heavy atom. The molecule has 2 N–H and O–H groups in total. The number of imidazole rings is 1. The van der Waals surface area contributed by atoms with Crippen LogP contribution < -0.4 is 20.4 Å². The van der Waals surface area contributed by atoms with E-state index in [-0.39, 0.29) is 65.4 Å². The molecule has 3 aromatic heterocycles. The van der Waals surface area contributed by atoms with Crippen LogP contribution in [0.5, 0.6) is 0 Å². The van der Waals surface area contributed by atoms with Gasteiger partial charge in [0.1, 0.15) is 11.3 Å². The maximum atomic E-state index is 15.2. The van der Waals surface area contributed by atoms with Crippen LogP contribution in [0.1, 0.15) is 146 Å². The molecule has 16 nitrogen and oxygen atoms in total. The number of amides is 5. The minimum atomic E-state index is -0.668. The Morgan fingerprint density at radius 2 is 1.48 bits per heavy atom. The molecule has 1 unspecified atom stereocenters. The predicted octanol–water partition coefficient (Wildman–Crippen LogP) is 7.33. The zero-order valence-electron chi connectivity index (χ0n) is 43.1. The lowest BCUT2D eigenvalue weighted by molar-refractivity contribution is -0.143. The van der Waals surface area contributed by atoms with Crippen molar-refractivity contribution in [2.24, 2.45) is 11.8 Å². The largest absolute Gasteiger partial charge is 0.366 e. The number of carbonyl (C=O) groups is 5. The number of aromatic nitrogens is 4. The Bertz CT molecular complexity index is 2770. The summed E-state index contributed by atoms with van der Waals surface area (Å²) in [5.41, 5.74) is 6.07. The summed E-state index contributed by atoms with van der Waals surface area (Å²) in [4.78, 5) is 93.4. The molecule has 5 aliphatic heterocycles. The van der Waals surface area contributed by atoms with E-state index in [4.69, 9.17) is 9.97 Å². The molecule has 1 aromatic carbocycles. The fraction of sp³-hybridized carbons (Fsp3) is 0.614. The standard InChI is InChI=1S/C57H73N11O5/c1-35(2)67-34-59-47-32-46(61-52(51(47)67)60-40-13-14-40)38-11-16-45-48(29-38)68(43-30-42(31-43)64-23-5-4-6-24-64)56(73)57(45)21-27-66(28-22-57)55(72)37-9-7-36(8-10-37)54(71)65-25-19-41(20-26-65)63(3)49-17-12-39(33-58-49)44-15-18-50(69)62-53(44)70/h11-12,16-17,29,32-37,40-44H,4-10,13-15,18-28,30-31H2,1-3H3,(H,60,61)(H,62,69,70). The molecule has 0 bridgehead atoms. The number of rotatable bonds is 11. The van der Waals surface area contributed by atoms with Gasteiger partial charge >= 0.3 is 0 Å². The van der Waals surface area contributed by atoms with Gasteiger partial charge in [-0.25, -0.2) is 15.0 Å². The Kier molecular flexibility index (Phi) is 12.8. The van der Waals surface area contributed by atoms with Gasteiger partial charge in [-0.05, 0) is 153 Å². The van der Waals surface area contributed by atoms with Crippen LogP contribution in [0.3, 0.4) is 0 Å². The number of nitrogens with one attached hydrogen (secondary N) is 2. The number of hydrogen-bond donors (Lipinski definition) is 2. The Hall–Kier alpha value is -5.90. The van der Waals surface area contributed by atoms with Gasteiger partial charge in [-0.3, -0.25) is 29.3 Å². The predicted molar refractivity (Wildman–Crippen MR) is 280 cm³/mol. The van der Waals surface area contributed by atoms with Gasteiger partial charge in [0, 0.05) is 99.1 Å². The molecule has 12 rings (SSSR count). The lowest BCUT2D eigenvalue weighted by Gasteiger charge is -2.48. The first kappa shape index (κ1) is 48.1. The number of carbonyl (C=O) groups excluding carboxylic acids is 5. The second kappa shape index (κ2) is 19.4.